The lowest BCUT2D eigenvalue weighted by Crippen LogP contribution is -2.47. The minimum Gasteiger partial charge on any atom is -0.350 e. The standard InChI is InChI=1S/C20H25N3O3/c1-5-23(13-17(24)22-20(2,3)4)19(26)15-11-12-16(21-18(15)25)14-9-7-6-8-10-14/h6-12H,5,13H2,1-4H3,(H,21,25)(H,22,24). The van der Waals surface area contributed by atoms with Crippen LogP contribution in [0.15, 0.2) is 47.3 Å². The molecule has 0 bridgehead atoms. The second kappa shape index (κ2) is 7.99. The van der Waals surface area contributed by atoms with Gasteiger partial charge >= 0.3 is 0 Å². The van der Waals surface area contributed by atoms with Crippen molar-refractivity contribution in [3.63, 3.8) is 0 Å². The van der Waals surface area contributed by atoms with Gasteiger partial charge in [-0.1, -0.05) is 30.3 Å². The molecule has 0 aliphatic carbocycles. The van der Waals surface area contributed by atoms with Gasteiger partial charge in [0, 0.05) is 17.8 Å². The highest BCUT2D eigenvalue weighted by Crippen LogP contribution is 2.15. The first-order valence-electron chi connectivity index (χ1n) is 8.60. The van der Waals surface area contributed by atoms with Crippen molar-refractivity contribution in [2.75, 3.05) is 13.1 Å². The third-order valence-electron chi connectivity index (χ3n) is 3.74. The number of H-pyrrole nitrogens is 1. The van der Waals surface area contributed by atoms with Crippen LogP contribution in [0.4, 0.5) is 0 Å². The van der Waals surface area contributed by atoms with E-state index in [-0.39, 0.29) is 23.6 Å². The molecule has 1 heterocycles. The number of benzene rings is 1. The molecule has 0 atom stereocenters. The van der Waals surface area contributed by atoms with Gasteiger partial charge in [-0.2, -0.15) is 0 Å². The van der Waals surface area contributed by atoms with Crippen LogP contribution < -0.4 is 10.9 Å². The number of pyridine rings is 1. The first kappa shape index (κ1) is 19.4. The third kappa shape index (κ3) is 5.05. The number of hydrogen-bond donors (Lipinski definition) is 2. The van der Waals surface area contributed by atoms with Crippen LogP contribution in [0.1, 0.15) is 38.1 Å². The first-order valence-corrected chi connectivity index (χ1v) is 8.60. The first-order chi connectivity index (χ1) is 12.2. The summed E-state index contributed by atoms with van der Waals surface area (Å²) in [6.45, 7) is 7.62. The van der Waals surface area contributed by atoms with Gasteiger partial charge in [-0.05, 0) is 45.4 Å². The maximum absolute atomic E-state index is 12.7. The molecular formula is C20H25N3O3. The fourth-order valence-electron chi connectivity index (χ4n) is 2.56. The highest BCUT2D eigenvalue weighted by molar-refractivity contribution is 5.96. The van der Waals surface area contributed by atoms with E-state index in [1.54, 1.807) is 13.0 Å². The maximum atomic E-state index is 12.7. The molecule has 0 saturated heterocycles. The van der Waals surface area contributed by atoms with E-state index < -0.39 is 11.5 Å². The molecule has 0 spiro atoms. The number of nitrogens with one attached hydrogen (secondary N) is 2. The second-order valence-electron chi connectivity index (χ2n) is 7.10. The summed E-state index contributed by atoms with van der Waals surface area (Å²) in [7, 11) is 0. The second-order valence-corrected chi connectivity index (χ2v) is 7.10. The molecule has 1 aromatic heterocycles. The Morgan fingerprint density at radius 2 is 1.73 bits per heavy atom. The van der Waals surface area contributed by atoms with Crippen LogP contribution in [-0.4, -0.2) is 40.3 Å². The minimum absolute atomic E-state index is 0.0232. The number of aromatic amines is 1. The lowest BCUT2D eigenvalue weighted by atomic mass is 10.1. The molecule has 0 fully saturated rings. The maximum Gasteiger partial charge on any atom is 0.261 e. The average molecular weight is 355 g/mol. The number of rotatable bonds is 5. The number of hydrogen-bond acceptors (Lipinski definition) is 3. The quantitative estimate of drug-likeness (QED) is 0.864. The van der Waals surface area contributed by atoms with E-state index in [4.69, 9.17) is 0 Å². The largest absolute Gasteiger partial charge is 0.350 e. The number of carbonyl (C=O) groups excluding carboxylic acids is 2. The van der Waals surface area contributed by atoms with Gasteiger partial charge in [0.05, 0.1) is 6.54 Å². The monoisotopic (exact) mass is 355 g/mol. The summed E-state index contributed by atoms with van der Waals surface area (Å²) < 4.78 is 0. The van der Waals surface area contributed by atoms with E-state index in [2.05, 4.69) is 10.3 Å². The predicted octanol–water partition coefficient (Wildman–Crippen LogP) is 2.42. The molecule has 2 amide bonds. The van der Waals surface area contributed by atoms with Crippen LogP contribution in [0.25, 0.3) is 11.3 Å². The number of aromatic nitrogens is 1. The molecule has 2 aromatic rings. The van der Waals surface area contributed by atoms with E-state index in [0.29, 0.717) is 12.2 Å². The van der Waals surface area contributed by atoms with E-state index in [1.807, 2.05) is 51.1 Å². The molecule has 6 nitrogen and oxygen atoms in total. The number of amides is 2. The van der Waals surface area contributed by atoms with Gasteiger partial charge < -0.3 is 15.2 Å². The summed E-state index contributed by atoms with van der Waals surface area (Å²) in [5.74, 6) is -0.720. The van der Waals surface area contributed by atoms with Gasteiger partial charge in [-0.3, -0.25) is 14.4 Å². The van der Waals surface area contributed by atoms with Crippen molar-refractivity contribution >= 4 is 11.8 Å². The average Bonchev–Trinajstić information content (AvgIpc) is 2.58. The van der Waals surface area contributed by atoms with Crippen molar-refractivity contribution in [2.45, 2.75) is 33.2 Å². The molecule has 2 N–H and O–H groups in total. The summed E-state index contributed by atoms with van der Waals surface area (Å²) in [6, 6.07) is 12.6. The highest BCUT2D eigenvalue weighted by atomic mass is 16.2. The summed E-state index contributed by atoms with van der Waals surface area (Å²) in [6.07, 6.45) is 0. The van der Waals surface area contributed by atoms with Gasteiger partial charge in [0.15, 0.2) is 0 Å². The summed E-state index contributed by atoms with van der Waals surface area (Å²) in [5, 5.41) is 2.82. The van der Waals surface area contributed by atoms with E-state index in [1.165, 1.54) is 11.0 Å². The van der Waals surface area contributed by atoms with Crippen LogP contribution in [0, 0.1) is 0 Å². The number of nitrogens with zero attached hydrogens (tertiary/aromatic N) is 1. The van der Waals surface area contributed by atoms with E-state index >= 15 is 0 Å². The molecule has 0 aliphatic heterocycles. The fourth-order valence-corrected chi connectivity index (χ4v) is 2.56. The van der Waals surface area contributed by atoms with Crippen molar-refractivity contribution in [1.29, 1.82) is 0 Å². The Hall–Kier alpha value is -2.89. The molecule has 0 saturated carbocycles. The lowest BCUT2D eigenvalue weighted by molar-refractivity contribution is -0.123. The summed E-state index contributed by atoms with van der Waals surface area (Å²) >= 11 is 0. The normalized spacial score (nSPS) is 11.1. The molecule has 138 valence electrons. The van der Waals surface area contributed by atoms with Crippen molar-refractivity contribution in [1.82, 2.24) is 15.2 Å². The highest BCUT2D eigenvalue weighted by Gasteiger charge is 2.22. The molecule has 2 rings (SSSR count). The van der Waals surface area contributed by atoms with Crippen LogP contribution in [0.3, 0.4) is 0 Å². The zero-order chi connectivity index (χ0) is 19.3. The van der Waals surface area contributed by atoms with Crippen LogP contribution in [0.5, 0.6) is 0 Å². The Kier molecular flexibility index (Phi) is 5.97. The molecule has 0 radical (unpaired) electrons. The van der Waals surface area contributed by atoms with Crippen LogP contribution >= 0.6 is 0 Å². The Morgan fingerprint density at radius 3 is 2.27 bits per heavy atom. The van der Waals surface area contributed by atoms with E-state index in [0.717, 1.165) is 5.56 Å². The topological polar surface area (TPSA) is 82.3 Å². The van der Waals surface area contributed by atoms with Gasteiger partial charge in [0.2, 0.25) is 5.91 Å². The van der Waals surface area contributed by atoms with Crippen molar-refractivity contribution < 1.29 is 9.59 Å². The Labute approximate surface area is 153 Å². The molecule has 1 aromatic carbocycles. The van der Waals surface area contributed by atoms with E-state index in [9.17, 15) is 14.4 Å². The Bertz CT molecular complexity index is 835. The van der Waals surface area contributed by atoms with Crippen molar-refractivity contribution in [3.8, 4) is 11.3 Å². The molecule has 0 aliphatic rings. The number of likely N-dealkylation sites (N-methyl/N-ethyl adjacent to an activating group) is 1. The third-order valence-corrected chi connectivity index (χ3v) is 3.74. The fraction of sp³-hybridized carbons (Fsp3) is 0.350. The summed E-state index contributed by atoms with van der Waals surface area (Å²) in [5.41, 5.74) is 0.677. The van der Waals surface area contributed by atoms with Crippen LogP contribution in [0.2, 0.25) is 0 Å². The SMILES string of the molecule is CCN(CC(=O)NC(C)(C)C)C(=O)c1ccc(-c2ccccc2)[nH]c1=O. The molecular weight excluding hydrogens is 330 g/mol. The Morgan fingerprint density at radius 1 is 1.08 bits per heavy atom. The van der Waals surface area contributed by atoms with Crippen molar-refractivity contribution in [2.24, 2.45) is 0 Å². The minimum atomic E-state index is -0.467. The lowest BCUT2D eigenvalue weighted by Gasteiger charge is -2.25. The van der Waals surface area contributed by atoms with Gasteiger partial charge in [-0.15, -0.1) is 0 Å². The molecule has 26 heavy (non-hydrogen) atoms. The van der Waals surface area contributed by atoms with Gasteiger partial charge in [0.1, 0.15) is 5.56 Å². The molecule has 6 heteroatoms. The molecule has 0 unspecified atom stereocenters. The zero-order valence-electron chi connectivity index (χ0n) is 15.6. The Balaban J connectivity index is 2.19. The van der Waals surface area contributed by atoms with Gasteiger partial charge in [0.25, 0.3) is 11.5 Å². The van der Waals surface area contributed by atoms with Gasteiger partial charge in [-0.25, -0.2) is 0 Å². The van der Waals surface area contributed by atoms with Crippen LogP contribution in [-0.2, 0) is 4.79 Å². The zero-order valence-corrected chi connectivity index (χ0v) is 15.6. The smallest absolute Gasteiger partial charge is 0.261 e. The number of carbonyl (C=O) groups is 2. The summed E-state index contributed by atoms with van der Waals surface area (Å²) in [4.78, 5) is 41.2. The van der Waals surface area contributed by atoms with Crippen molar-refractivity contribution in [3.05, 3.63) is 58.4 Å². The predicted molar refractivity (Wildman–Crippen MR) is 102 cm³/mol.